The SMILES string of the molecule is COc1cccc(-c2cc3c(Nc4cccc(C=O)c4)ncnc3[nH]2)c1. The molecular weight excluding hydrogens is 328 g/mol. The summed E-state index contributed by atoms with van der Waals surface area (Å²) < 4.78 is 5.29. The quantitative estimate of drug-likeness (QED) is 0.531. The molecule has 0 amide bonds. The average Bonchev–Trinajstić information content (AvgIpc) is 3.14. The maximum absolute atomic E-state index is 11.0. The van der Waals surface area contributed by atoms with Gasteiger partial charge in [0.25, 0.3) is 0 Å². The van der Waals surface area contributed by atoms with Gasteiger partial charge in [-0.2, -0.15) is 0 Å². The second kappa shape index (κ2) is 6.68. The van der Waals surface area contributed by atoms with Crippen molar-refractivity contribution >= 4 is 28.8 Å². The number of carbonyl (C=O) groups excluding carboxylic acids is 1. The Kier molecular flexibility index (Phi) is 4.07. The number of hydrogen-bond donors (Lipinski definition) is 2. The summed E-state index contributed by atoms with van der Waals surface area (Å²) in [5.41, 5.74) is 4.04. The van der Waals surface area contributed by atoms with Gasteiger partial charge in [-0.05, 0) is 30.3 Å². The normalized spacial score (nSPS) is 10.7. The molecule has 26 heavy (non-hydrogen) atoms. The number of rotatable bonds is 5. The molecule has 2 N–H and O–H groups in total. The molecule has 128 valence electrons. The van der Waals surface area contributed by atoms with Crippen LogP contribution in [0.1, 0.15) is 10.4 Å². The van der Waals surface area contributed by atoms with Gasteiger partial charge in [0, 0.05) is 22.5 Å². The van der Waals surface area contributed by atoms with Crippen molar-refractivity contribution in [2.45, 2.75) is 0 Å². The zero-order valence-corrected chi connectivity index (χ0v) is 14.1. The molecule has 6 heteroatoms. The van der Waals surface area contributed by atoms with Crippen molar-refractivity contribution < 1.29 is 9.53 Å². The second-order valence-electron chi connectivity index (χ2n) is 5.77. The zero-order chi connectivity index (χ0) is 17.9. The first-order valence-corrected chi connectivity index (χ1v) is 8.07. The fourth-order valence-corrected chi connectivity index (χ4v) is 2.81. The number of anilines is 2. The van der Waals surface area contributed by atoms with Crippen LogP contribution in [-0.2, 0) is 0 Å². The van der Waals surface area contributed by atoms with Crippen LogP contribution in [0.5, 0.6) is 5.75 Å². The molecule has 0 unspecified atom stereocenters. The van der Waals surface area contributed by atoms with Gasteiger partial charge in [0.1, 0.15) is 29.8 Å². The molecule has 2 aromatic heterocycles. The molecule has 0 aliphatic carbocycles. The van der Waals surface area contributed by atoms with E-state index in [-0.39, 0.29) is 0 Å². The van der Waals surface area contributed by atoms with E-state index in [1.807, 2.05) is 42.5 Å². The number of fused-ring (bicyclic) bond motifs is 1. The molecule has 0 bridgehead atoms. The van der Waals surface area contributed by atoms with E-state index < -0.39 is 0 Å². The molecule has 0 saturated carbocycles. The number of aromatic nitrogens is 3. The Labute approximate surface area is 149 Å². The average molecular weight is 344 g/mol. The Morgan fingerprint density at radius 2 is 1.96 bits per heavy atom. The highest BCUT2D eigenvalue weighted by atomic mass is 16.5. The van der Waals surface area contributed by atoms with E-state index in [9.17, 15) is 4.79 Å². The van der Waals surface area contributed by atoms with Crippen molar-refractivity contribution in [3.8, 4) is 17.0 Å². The molecule has 0 radical (unpaired) electrons. The van der Waals surface area contributed by atoms with Gasteiger partial charge in [0.15, 0.2) is 0 Å². The number of H-pyrrole nitrogens is 1. The van der Waals surface area contributed by atoms with Gasteiger partial charge < -0.3 is 15.0 Å². The monoisotopic (exact) mass is 344 g/mol. The zero-order valence-electron chi connectivity index (χ0n) is 14.1. The first-order valence-electron chi connectivity index (χ1n) is 8.07. The highest BCUT2D eigenvalue weighted by Gasteiger charge is 2.10. The van der Waals surface area contributed by atoms with E-state index in [4.69, 9.17) is 4.74 Å². The molecule has 4 rings (SSSR count). The van der Waals surface area contributed by atoms with E-state index in [2.05, 4.69) is 20.3 Å². The lowest BCUT2D eigenvalue weighted by Crippen LogP contribution is -1.95. The minimum atomic E-state index is 0.603. The number of benzene rings is 2. The van der Waals surface area contributed by atoms with E-state index >= 15 is 0 Å². The third-order valence-corrected chi connectivity index (χ3v) is 4.09. The molecule has 0 aliphatic heterocycles. The first kappa shape index (κ1) is 15.8. The number of carbonyl (C=O) groups is 1. The maximum atomic E-state index is 11.0. The highest BCUT2D eigenvalue weighted by Crippen LogP contribution is 2.30. The molecule has 6 nitrogen and oxygen atoms in total. The molecule has 0 saturated heterocycles. The largest absolute Gasteiger partial charge is 0.497 e. The third-order valence-electron chi connectivity index (χ3n) is 4.09. The molecule has 0 fully saturated rings. The van der Waals surface area contributed by atoms with Crippen LogP contribution < -0.4 is 10.1 Å². The standard InChI is InChI=1S/C20H16N4O2/c1-26-16-7-3-5-14(9-16)18-10-17-19(21-12-22-20(17)24-18)23-15-6-2-4-13(8-15)11-25/h2-12H,1H3,(H2,21,22,23,24). The summed E-state index contributed by atoms with van der Waals surface area (Å²) in [6.07, 6.45) is 2.32. The minimum Gasteiger partial charge on any atom is -0.497 e. The summed E-state index contributed by atoms with van der Waals surface area (Å²) >= 11 is 0. The van der Waals surface area contributed by atoms with Crippen molar-refractivity contribution in [2.75, 3.05) is 12.4 Å². The van der Waals surface area contributed by atoms with Crippen LogP contribution in [0.15, 0.2) is 60.9 Å². The van der Waals surface area contributed by atoms with Crippen LogP contribution in [0.4, 0.5) is 11.5 Å². The smallest absolute Gasteiger partial charge is 0.150 e. The van der Waals surface area contributed by atoms with Crippen molar-refractivity contribution in [2.24, 2.45) is 0 Å². The maximum Gasteiger partial charge on any atom is 0.150 e. The Bertz CT molecular complexity index is 1090. The third kappa shape index (κ3) is 3.00. The molecule has 4 aromatic rings. The molecule has 0 aliphatic rings. The summed E-state index contributed by atoms with van der Waals surface area (Å²) in [7, 11) is 1.64. The van der Waals surface area contributed by atoms with Crippen molar-refractivity contribution in [1.29, 1.82) is 0 Å². The summed E-state index contributed by atoms with van der Waals surface area (Å²) in [5.74, 6) is 1.46. The Hall–Kier alpha value is -3.67. The summed E-state index contributed by atoms with van der Waals surface area (Å²) in [5, 5.41) is 4.12. The Morgan fingerprint density at radius 1 is 1.08 bits per heavy atom. The van der Waals surface area contributed by atoms with Gasteiger partial charge in [0.2, 0.25) is 0 Å². The number of aldehydes is 1. The van der Waals surface area contributed by atoms with Gasteiger partial charge in [-0.1, -0.05) is 24.3 Å². The van der Waals surface area contributed by atoms with Gasteiger partial charge in [-0.3, -0.25) is 4.79 Å². The highest BCUT2D eigenvalue weighted by molar-refractivity contribution is 5.93. The molecule has 0 spiro atoms. The van der Waals surface area contributed by atoms with E-state index in [0.717, 1.165) is 40.0 Å². The number of aromatic amines is 1. The van der Waals surface area contributed by atoms with Crippen LogP contribution in [0.3, 0.4) is 0 Å². The molecule has 2 aromatic carbocycles. The number of nitrogens with zero attached hydrogens (tertiary/aromatic N) is 2. The topological polar surface area (TPSA) is 79.9 Å². The predicted octanol–water partition coefficient (Wildman–Crippen LogP) is 4.19. The van der Waals surface area contributed by atoms with E-state index in [0.29, 0.717) is 11.4 Å². The van der Waals surface area contributed by atoms with Gasteiger partial charge in [0.05, 0.1) is 12.5 Å². The van der Waals surface area contributed by atoms with Crippen LogP contribution in [-0.4, -0.2) is 28.3 Å². The fourth-order valence-electron chi connectivity index (χ4n) is 2.81. The lowest BCUT2D eigenvalue weighted by molar-refractivity contribution is 0.112. The van der Waals surface area contributed by atoms with Crippen LogP contribution in [0, 0.1) is 0 Å². The number of methoxy groups -OCH3 is 1. The summed E-state index contributed by atoms with van der Waals surface area (Å²) in [4.78, 5) is 22.9. The van der Waals surface area contributed by atoms with Crippen molar-refractivity contribution in [3.05, 3.63) is 66.5 Å². The number of ether oxygens (including phenoxy) is 1. The van der Waals surface area contributed by atoms with E-state index in [1.54, 1.807) is 19.2 Å². The van der Waals surface area contributed by atoms with Crippen LogP contribution >= 0.6 is 0 Å². The lowest BCUT2D eigenvalue weighted by atomic mass is 10.1. The minimum absolute atomic E-state index is 0.603. The number of nitrogens with one attached hydrogen (secondary N) is 2. The van der Waals surface area contributed by atoms with Crippen molar-refractivity contribution in [1.82, 2.24) is 15.0 Å². The Balaban J connectivity index is 1.74. The predicted molar refractivity (Wildman–Crippen MR) is 101 cm³/mol. The molecular formula is C20H16N4O2. The van der Waals surface area contributed by atoms with Crippen molar-refractivity contribution in [3.63, 3.8) is 0 Å². The first-order chi connectivity index (χ1) is 12.8. The molecule has 2 heterocycles. The lowest BCUT2D eigenvalue weighted by Gasteiger charge is -2.06. The van der Waals surface area contributed by atoms with Crippen LogP contribution in [0.2, 0.25) is 0 Å². The summed E-state index contributed by atoms with van der Waals surface area (Å²) in [6.45, 7) is 0. The summed E-state index contributed by atoms with van der Waals surface area (Å²) in [6, 6.07) is 17.0. The Morgan fingerprint density at radius 3 is 2.81 bits per heavy atom. The fraction of sp³-hybridized carbons (Fsp3) is 0.0500. The van der Waals surface area contributed by atoms with Gasteiger partial charge in [-0.25, -0.2) is 9.97 Å². The van der Waals surface area contributed by atoms with E-state index in [1.165, 1.54) is 6.33 Å². The molecule has 0 atom stereocenters. The second-order valence-corrected chi connectivity index (χ2v) is 5.77. The number of hydrogen-bond acceptors (Lipinski definition) is 5. The van der Waals surface area contributed by atoms with Crippen LogP contribution in [0.25, 0.3) is 22.3 Å². The van der Waals surface area contributed by atoms with Gasteiger partial charge >= 0.3 is 0 Å². The van der Waals surface area contributed by atoms with Gasteiger partial charge in [-0.15, -0.1) is 0 Å².